The normalized spacial score (nSPS) is 15.7. The first kappa shape index (κ1) is 20.2. The van der Waals surface area contributed by atoms with E-state index in [-0.39, 0.29) is 11.8 Å². The summed E-state index contributed by atoms with van der Waals surface area (Å²) in [5.74, 6) is 0.551. The topological polar surface area (TPSA) is 49.9 Å². The van der Waals surface area contributed by atoms with Gasteiger partial charge in [-0.2, -0.15) is 0 Å². The quantitative estimate of drug-likeness (QED) is 0.784. The molecule has 1 fully saturated rings. The van der Waals surface area contributed by atoms with Crippen molar-refractivity contribution in [3.63, 3.8) is 0 Å². The van der Waals surface area contributed by atoms with E-state index in [4.69, 9.17) is 16.3 Å². The lowest BCUT2D eigenvalue weighted by Gasteiger charge is -2.25. The average Bonchev–Trinajstić information content (AvgIpc) is 2.95. The smallest absolute Gasteiger partial charge is 0.263 e. The van der Waals surface area contributed by atoms with E-state index in [9.17, 15) is 9.59 Å². The summed E-state index contributed by atoms with van der Waals surface area (Å²) in [6, 6.07) is 14.5. The lowest BCUT2D eigenvalue weighted by Crippen LogP contribution is -2.43. The lowest BCUT2D eigenvalue weighted by molar-refractivity contribution is -0.137. The Labute approximate surface area is 170 Å². The van der Waals surface area contributed by atoms with Crippen LogP contribution in [0.2, 0.25) is 5.02 Å². The molecule has 6 heteroatoms. The van der Waals surface area contributed by atoms with Gasteiger partial charge in [0.1, 0.15) is 5.75 Å². The van der Waals surface area contributed by atoms with Crippen molar-refractivity contribution in [2.45, 2.75) is 26.4 Å². The number of benzene rings is 2. The molecular formula is C22H25ClN2O3. The van der Waals surface area contributed by atoms with Crippen LogP contribution in [0.1, 0.15) is 29.3 Å². The molecule has 3 rings (SSSR count). The van der Waals surface area contributed by atoms with Crippen LogP contribution in [0.4, 0.5) is 0 Å². The number of aryl methyl sites for hydroxylation is 1. The third kappa shape index (κ3) is 5.04. The number of carbonyl (C=O) groups excluding carboxylic acids is 2. The Kier molecular flexibility index (Phi) is 6.57. The van der Waals surface area contributed by atoms with E-state index in [1.165, 1.54) is 0 Å². The first-order valence-electron chi connectivity index (χ1n) is 9.51. The minimum absolute atomic E-state index is 0.0137. The number of hydrogen-bond acceptors (Lipinski definition) is 3. The Morgan fingerprint density at radius 3 is 2.21 bits per heavy atom. The maximum Gasteiger partial charge on any atom is 0.263 e. The van der Waals surface area contributed by atoms with Gasteiger partial charge in [-0.15, -0.1) is 0 Å². The predicted octanol–water partition coefficient (Wildman–Crippen LogP) is 3.79. The molecule has 0 spiro atoms. The molecule has 1 aliphatic heterocycles. The van der Waals surface area contributed by atoms with Gasteiger partial charge < -0.3 is 14.5 Å². The lowest BCUT2D eigenvalue weighted by atomic mass is 10.1. The molecule has 28 heavy (non-hydrogen) atoms. The van der Waals surface area contributed by atoms with Crippen molar-refractivity contribution < 1.29 is 14.3 Å². The van der Waals surface area contributed by atoms with Gasteiger partial charge in [-0.1, -0.05) is 29.3 Å². The molecule has 1 unspecified atom stereocenters. The number of ether oxygens (including phenoxy) is 1. The third-order valence-electron chi connectivity index (χ3n) is 4.87. The SMILES string of the molecule is Cc1ccc(C(=O)N2CCCN(C(=O)C(C)Oc3ccc(Cl)cc3)CC2)cc1. The fourth-order valence-corrected chi connectivity index (χ4v) is 3.37. The minimum atomic E-state index is -0.597. The van der Waals surface area contributed by atoms with Crippen molar-refractivity contribution in [1.82, 2.24) is 9.80 Å². The van der Waals surface area contributed by atoms with Crippen LogP contribution in [-0.2, 0) is 4.79 Å². The summed E-state index contributed by atoms with van der Waals surface area (Å²) in [5, 5.41) is 0.622. The molecule has 1 saturated heterocycles. The molecule has 0 radical (unpaired) electrons. The minimum Gasteiger partial charge on any atom is -0.481 e. The van der Waals surface area contributed by atoms with Crippen LogP contribution >= 0.6 is 11.6 Å². The fourth-order valence-electron chi connectivity index (χ4n) is 3.24. The molecule has 148 valence electrons. The second-order valence-electron chi connectivity index (χ2n) is 7.05. The van der Waals surface area contributed by atoms with Crippen LogP contribution in [0.3, 0.4) is 0 Å². The van der Waals surface area contributed by atoms with Crippen LogP contribution in [0.5, 0.6) is 5.75 Å². The van der Waals surface area contributed by atoms with Gasteiger partial charge >= 0.3 is 0 Å². The summed E-state index contributed by atoms with van der Waals surface area (Å²) in [6.45, 7) is 6.03. The first-order valence-corrected chi connectivity index (χ1v) is 9.89. The summed E-state index contributed by atoms with van der Waals surface area (Å²) < 4.78 is 5.75. The molecule has 0 saturated carbocycles. The molecule has 0 aromatic heterocycles. The predicted molar refractivity (Wildman–Crippen MR) is 110 cm³/mol. The molecule has 0 bridgehead atoms. The van der Waals surface area contributed by atoms with Crippen LogP contribution in [0.15, 0.2) is 48.5 Å². The zero-order valence-corrected chi connectivity index (χ0v) is 17.0. The zero-order chi connectivity index (χ0) is 20.1. The van der Waals surface area contributed by atoms with Crippen LogP contribution < -0.4 is 4.74 Å². The number of hydrogen-bond donors (Lipinski definition) is 0. The van der Waals surface area contributed by atoms with Crippen LogP contribution in [0, 0.1) is 6.92 Å². The monoisotopic (exact) mass is 400 g/mol. The highest BCUT2D eigenvalue weighted by molar-refractivity contribution is 6.30. The van der Waals surface area contributed by atoms with E-state index in [1.807, 2.05) is 36.1 Å². The standard InChI is InChI=1S/C22H25ClN2O3/c1-16-4-6-18(7-5-16)22(27)25-13-3-12-24(14-15-25)21(26)17(2)28-20-10-8-19(23)9-11-20/h4-11,17H,3,12-15H2,1-2H3. The summed E-state index contributed by atoms with van der Waals surface area (Å²) >= 11 is 5.88. The van der Waals surface area contributed by atoms with Crippen LogP contribution in [0.25, 0.3) is 0 Å². The van der Waals surface area contributed by atoms with Crippen LogP contribution in [-0.4, -0.2) is 53.9 Å². The van der Waals surface area contributed by atoms with E-state index in [1.54, 1.807) is 36.1 Å². The van der Waals surface area contributed by atoms with Crippen molar-refractivity contribution in [2.75, 3.05) is 26.2 Å². The molecular weight excluding hydrogens is 376 g/mol. The number of rotatable bonds is 4. The molecule has 2 aromatic carbocycles. The van der Waals surface area contributed by atoms with Gasteiger partial charge in [-0.05, 0) is 56.7 Å². The molecule has 5 nitrogen and oxygen atoms in total. The Morgan fingerprint density at radius 2 is 1.54 bits per heavy atom. The summed E-state index contributed by atoms with van der Waals surface area (Å²) in [4.78, 5) is 29.1. The zero-order valence-electron chi connectivity index (χ0n) is 16.2. The van der Waals surface area contributed by atoms with E-state index in [0.717, 1.165) is 12.0 Å². The second kappa shape index (κ2) is 9.11. The highest BCUT2D eigenvalue weighted by atomic mass is 35.5. The van der Waals surface area contributed by atoms with E-state index < -0.39 is 6.10 Å². The highest BCUT2D eigenvalue weighted by Crippen LogP contribution is 2.18. The highest BCUT2D eigenvalue weighted by Gasteiger charge is 2.26. The summed E-state index contributed by atoms with van der Waals surface area (Å²) in [6.07, 6.45) is 0.150. The number of halogens is 1. The van der Waals surface area contributed by atoms with Crippen molar-refractivity contribution in [1.29, 1.82) is 0 Å². The molecule has 1 aliphatic rings. The summed E-state index contributed by atoms with van der Waals surface area (Å²) in [7, 11) is 0. The van der Waals surface area contributed by atoms with Gasteiger partial charge in [0, 0.05) is 36.8 Å². The third-order valence-corrected chi connectivity index (χ3v) is 5.12. The van der Waals surface area contributed by atoms with Gasteiger partial charge in [-0.3, -0.25) is 9.59 Å². The Bertz CT molecular complexity index is 821. The molecule has 1 heterocycles. The van der Waals surface area contributed by atoms with E-state index >= 15 is 0 Å². The van der Waals surface area contributed by atoms with E-state index in [2.05, 4.69) is 0 Å². The van der Waals surface area contributed by atoms with Gasteiger partial charge in [0.25, 0.3) is 11.8 Å². The maximum absolute atomic E-state index is 12.8. The maximum atomic E-state index is 12.8. The second-order valence-corrected chi connectivity index (χ2v) is 7.49. The Balaban J connectivity index is 1.57. The Morgan fingerprint density at radius 1 is 0.929 bits per heavy atom. The molecule has 2 aromatic rings. The van der Waals surface area contributed by atoms with Crippen molar-refractivity contribution in [3.05, 3.63) is 64.7 Å². The van der Waals surface area contributed by atoms with Gasteiger partial charge in [0.05, 0.1) is 0 Å². The number of amides is 2. The van der Waals surface area contributed by atoms with Gasteiger partial charge in [0.2, 0.25) is 0 Å². The summed E-state index contributed by atoms with van der Waals surface area (Å²) in [5.41, 5.74) is 1.81. The van der Waals surface area contributed by atoms with Gasteiger partial charge in [-0.25, -0.2) is 0 Å². The first-order chi connectivity index (χ1) is 13.4. The van der Waals surface area contributed by atoms with Crippen molar-refractivity contribution >= 4 is 23.4 Å². The largest absolute Gasteiger partial charge is 0.481 e. The molecule has 2 amide bonds. The molecule has 0 N–H and O–H groups in total. The molecule has 0 aliphatic carbocycles. The van der Waals surface area contributed by atoms with Crippen molar-refractivity contribution in [2.24, 2.45) is 0 Å². The van der Waals surface area contributed by atoms with E-state index in [0.29, 0.717) is 42.5 Å². The van der Waals surface area contributed by atoms with Gasteiger partial charge in [0.15, 0.2) is 6.10 Å². The number of nitrogens with zero attached hydrogens (tertiary/aromatic N) is 2. The molecule has 1 atom stereocenters. The average molecular weight is 401 g/mol. The van der Waals surface area contributed by atoms with Crippen molar-refractivity contribution in [3.8, 4) is 5.75 Å². The fraction of sp³-hybridized carbons (Fsp3) is 0.364. The Hall–Kier alpha value is -2.53. The number of carbonyl (C=O) groups is 2.